The van der Waals surface area contributed by atoms with E-state index in [2.05, 4.69) is 5.32 Å². The number of halogens is 3. The van der Waals surface area contributed by atoms with Gasteiger partial charge in [0.2, 0.25) is 5.91 Å². The zero-order valence-corrected chi connectivity index (χ0v) is 14.3. The summed E-state index contributed by atoms with van der Waals surface area (Å²) in [5.74, 6) is -1.80. The van der Waals surface area contributed by atoms with Crippen LogP contribution in [0.3, 0.4) is 0 Å². The lowest BCUT2D eigenvalue weighted by Crippen LogP contribution is -2.32. The van der Waals surface area contributed by atoms with Gasteiger partial charge in [0.1, 0.15) is 0 Å². The molecule has 10 heteroatoms. The van der Waals surface area contributed by atoms with Crippen LogP contribution in [0.5, 0.6) is 0 Å². The molecule has 0 aliphatic heterocycles. The first kappa shape index (κ1) is 20.7. The van der Waals surface area contributed by atoms with Crippen LogP contribution in [0.15, 0.2) is 18.2 Å². The smallest absolute Gasteiger partial charge is 0.418 e. The Morgan fingerprint density at radius 3 is 2.33 bits per heavy atom. The standard InChI is InChI=1S/C17H19F3N2O5/c18-17(19,20)12-8-11(22(26)27)4-5-13(12)21-14(23)9-16(10-15(24)25)6-2-1-3-7-16/h4-5,8H,1-3,6-7,9-10H2,(H,21,23)(H,24,25). The number of non-ortho nitro benzene ring substituents is 1. The number of carboxylic acids is 1. The van der Waals surface area contributed by atoms with Crippen LogP contribution in [0.2, 0.25) is 0 Å². The highest BCUT2D eigenvalue weighted by atomic mass is 19.4. The van der Waals surface area contributed by atoms with Crippen molar-refractivity contribution in [3.8, 4) is 0 Å². The van der Waals surface area contributed by atoms with E-state index in [4.69, 9.17) is 5.11 Å². The van der Waals surface area contributed by atoms with Gasteiger partial charge in [0.15, 0.2) is 0 Å². The average Bonchev–Trinajstić information content (AvgIpc) is 2.53. The lowest BCUT2D eigenvalue weighted by atomic mass is 9.69. The molecule has 7 nitrogen and oxygen atoms in total. The van der Waals surface area contributed by atoms with Gasteiger partial charge in [0.25, 0.3) is 5.69 Å². The molecule has 148 valence electrons. The SMILES string of the molecule is O=C(O)CC1(CC(=O)Nc2ccc([N+](=O)[O-])cc2C(F)(F)F)CCCCC1. The van der Waals surface area contributed by atoms with Crippen molar-refractivity contribution in [2.75, 3.05) is 5.32 Å². The molecule has 27 heavy (non-hydrogen) atoms. The number of benzene rings is 1. The first-order valence-corrected chi connectivity index (χ1v) is 8.40. The van der Waals surface area contributed by atoms with Gasteiger partial charge in [-0.05, 0) is 24.3 Å². The van der Waals surface area contributed by atoms with Gasteiger partial charge >= 0.3 is 12.1 Å². The molecule has 1 amide bonds. The molecule has 0 bridgehead atoms. The second-order valence-corrected chi connectivity index (χ2v) is 6.84. The highest BCUT2D eigenvalue weighted by Gasteiger charge is 2.38. The molecular formula is C17H19F3N2O5. The van der Waals surface area contributed by atoms with Crippen molar-refractivity contribution in [2.45, 2.75) is 51.1 Å². The fourth-order valence-electron chi connectivity index (χ4n) is 3.56. The van der Waals surface area contributed by atoms with Crippen LogP contribution in [0.4, 0.5) is 24.5 Å². The zero-order chi connectivity index (χ0) is 20.2. The minimum absolute atomic E-state index is 0.215. The summed E-state index contributed by atoms with van der Waals surface area (Å²) in [6.07, 6.45) is -1.88. The van der Waals surface area contributed by atoms with Gasteiger partial charge in [-0.1, -0.05) is 19.3 Å². The Morgan fingerprint density at radius 2 is 1.81 bits per heavy atom. The van der Waals surface area contributed by atoms with E-state index in [9.17, 15) is 32.9 Å². The summed E-state index contributed by atoms with van der Waals surface area (Å²) < 4.78 is 39.6. The third-order valence-electron chi connectivity index (χ3n) is 4.77. The molecular weight excluding hydrogens is 369 g/mol. The van der Waals surface area contributed by atoms with Crippen molar-refractivity contribution < 1.29 is 32.8 Å². The fourth-order valence-corrected chi connectivity index (χ4v) is 3.56. The van der Waals surface area contributed by atoms with Crippen LogP contribution in [-0.2, 0) is 15.8 Å². The Bertz CT molecular complexity index is 743. The van der Waals surface area contributed by atoms with Crippen molar-refractivity contribution in [2.24, 2.45) is 5.41 Å². The third kappa shape index (κ3) is 5.41. The monoisotopic (exact) mass is 388 g/mol. The van der Waals surface area contributed by atoms with E-state index in [1.54, 1.807) is 0 Å². The van der Waals surface area contributed by atoms with E-state index in [0.717, 1.165) is 31.4 Å². The fraction of sp³-hybridized carbons (Fsp3) is 0.529. The summed E-state index contributed by atoms with van der Waals surface area (Å²) in [6, 6.07) is 2.07. The van der Waals surface area contributed by atoms with Crippen LogP contribution in [0.25, 0.3) is 0 Å². The van der Waals surface area contributed by atoms with E-state index >= 15 is 0 Å². The molecule has 0 radical (unpaired) electrons. The second kappa shape index (κ2) is 7.93. The minimum atomic E-state index is -4.89. The average molecular weight is 388 g/mol. The molecule has 0 saturated heterocycles. The maximum Gasteiger partial charge on any atom is 0.418 e. The molecule has 0 atom stereocenters. The molecule has 2 N–H and O–H groups in total. The summed E-state index contributed by atoms with van der Waals surface area (Å²) in [7, 11) is 0. The molecule has 1 fully saturated rings. The number of hydrogen-bond acceptors (Lipinski definition) is 4. The number of nitrogens with zero attached hydrogens (tertiary/aromatic N) is 1. The molecule has 1 aliphatic carbocycles. The molecule has 0 spiro atoms. The van der Waals surface area contributed by atoms with Gasteiger partial charge in [-0.25, -0.2) is 0 Å². The minimum Gasteiger partial charge on any atom is -0.481 e. The predicted molar refractivity (Wildman–Crippen MR) is 89.1 cm³/mol. The van der Waals surface area contributed by atoms with E-state index in [-0.39, 0.29) is 12.8 Å². The van der Waals surface area contributed by atoms with Gasteiger partial charge in [-0.3, -0.25) is 19.7 Å². The van der Waals surface area contributed by atoms with Gasteiger partial charge in [0, 0.05) is 18.6 Å². The first-order chi connectivity index (χ1) is 12.5. The summed E-state index contributed by atoms with van der Waals surface area (Å²) in [6.45, 7) is 0. The topological polar surface area (TPSA) is 110 Å². The molecule has 0 aromatic heterocycles. The van der Waals surface area contributed by atoms with Crippen LogP contribution in [-0.4, -0.2) is 21.9 Å². The maximum atomic E-state index is 13.2. The number of carboxylic acid groups (broad SMARTS) is 1. The number of carbonyl (C=O) groups excluding carboxylic acids is 1. The molecule has 0 heterocycles. The van der Waals surface area contributed by atoms with E-state index in [0.29, 0.717) is 18.9 Å². The van der Waals surface area contributed by atoms with Crippen LogP contribution in [0, 0.1) is 15.5 Å². The number of anilines is 1. The van der Waals surface area contributed by atoms with E-state index in [1.807, 2.05) is 0 Å². The Hall–Kier alpha value is -2.65. The Labute approximate surface area is 152 Å². The number of alkyl halides is 3. The largest absolute Gasteiger partial charge is 0.481 e. The highest BCUT2D eigenvalue weighted by molar-refractivity contribution is 5.92. The van der Waals surface area contributed by atoms with E-state index in [1.165, 1.54) is 0 Å². The van der Waals surface area contributed by atoms with Crippen molar-refractivity contribution in [3.05, 3.63) is 33.9 Å². The molecule has 1 saturated carbocycles. The number of nitrogens with one attached hydrogen (secondary N) is 1. The Kier molecular flexibility index (Phi) is 6.07. The van der Waals surface area contributed by atoms with Crippen molar-refractivity contribution in [3.63, 3.8) is 0 Å². The maximum absolute atomic E-state index is 13.2. The number of rotatable bonds is 6. The van der Waals surface area contributed by atoms with Crippen LogP contribution >= 0.6 is 0 Å². The number of hydrogen-bond donors (Lipinski definition) is 2. The third-order valence-corrected chi connectivity index (χ3v) is 4.77. The number of aliphatic carboxylic acids is 1. The number of nitro groups is 1. The Balaban J connectivity index is 2.23. The molecule has 1 aromatic carbocycles. The molecule has 1 aliphatic rings. The lowest BCUT2D eigenvalue weighted by Gasteiger charge is -2.35. The van der Waals surface area contributed by atoms with Crippen molar-refractivity contribution >= 4 is 23.3 Å². The summed E-state index contributed by atoms with van der Waals surface area (Å²) in [4.78, 5) is 33.3. The van der Waals surface area contributed by atoms with Crippen LogP contribution in [0.1, 0.15) is 50.5 Å². The number of carbonyl (C=O) groups is 2. The normalized spacial score (nSPS) is 16.6. The Morgan fingerprint density at radius 1 is 1.19 bits per heavy atom. The van der Waals surface area contributed by atoms with Crippen molar-refractivity contribution in [1.82, 2.24) is 0 Å². The second-order valence-electron chi connectivity index (χ2n) is 6.84. The van der Waals surface area contributed by atoms with Gasteiger partial charge in [0.05, 0.1) is 22.6 Å². The quantitative estimate of drug-likeness (QED) is 0.556. The summed E-state index contributed by atoms with van der Waals surface area (Å²) in [5, 5.41) is 22.0. The van der Waals surface area contributed by atoms with Gasteiger partial charge < -0.3 is 10.4 Å². The van der Waals surface area contributed by atoms with Gasteiger partial charge in [-0.15, -0.1) is 0 Å². The zero-order valence-electron chi connectivity index (χ0n) is 14.3. The highest BCUT2D eigenvalue weighted by Crippen LogP contribution is 2.43. The molecule has 1 aromatic rings. The molecule has 0 unspecified atom stereocenters. The lowest BCUT2D eigenvalue weighted by molar-refractivity contribution is -0.385. The number of nitro benzene ring substituents is 1. The summed E-state index contributed by atoms with van der Waals surface area (Å²) in [5.41, 5.74) is -3.43. The van der Waals surface area contributed by atoms with E-state index < -0.39 is 45.3 Å². The van der Waals surface area contributed by atoms with Crippen molar-refractivity contribution in [1.29, 1.82) is 0 Å². The first-order valence-electron chi connectivity index (χ1n) is 8.40. The predicted octanol–water partition coefficient (Wildman–Crippen LogP) is 4.37. The molecule has 2 rings (SSSR count). The van der Waals surface area contributed by atoms with Gasteiger partial charge in [-0.2, -0.15) is 13.2 Å². The number of amides is 1. The van der Waals surface area contributed by atoms with Crippen LogP contribution < -0.4 is 5.32 Å². The summed E-state index contributed by atoms with van der Waals surface area (Å²) >= 11 is 0.